The first-order valence-electron chi connectivity index (χ1n) is 8.72. The van der Waals surface area contributed by atoms with Crippen molar-refractivity contribution in [2.45, 2.75) is 24.3 Å². The first-order valence-corrected chi connectivity index (χ1v) is 9.60. The molecule has 0 aliphatic rings. The summed E-state index contributed by atoms with van der Waals surface area (Å²) < 4.78 is 13.0. The summed E-state index contributed by atoms with van der Waals surface area (Å²) in [6, 6.07) is 14.6. The highest BCUT2D eigenvalue weighted by molar-refractivity contribution is 8.00. The zero-order valence-electron chi connectivity index (χ0n) is 15.7. The van der Waals surface area contributed by atoms with Crippen LogP contribution >= 0.6 is 11.8 Å². The highest BCUT2D eigenvalue weighted by atomic mass is 32.2. The molecular formula is C21H17FN4O2S. The maximum atomic E-state index is 13.0. The van der Waals surface area contributed by atoms with Crippen LogP contribution in [0.4, 0.5) is 10.1 Å². The van der Waals surface area contributed by atoms with Crippen LogP contribution in [0.25, 0.3) is 11.3 Å². The Kier molecular flexibility index (Phi) is 6.10. The Bertz CT molecular complexity index is 1140. The molecule has 0 saturated carbocycles. The van der Waals surface area contributed by atoms with Gasteiger partial charge >= 0.3 is 0 Å². The number of rotatable bonds is 5. The minimum absolute atomic E-state index is 0.0818. The lowest BCUT2D eigenvalue weighted by atomic mass is 10.1. The van der Waals surface area contributed by atoms with Crippen LogP contribution < -0.4 is 10.9 Å². The van der Waals surface area contributed by atoms with Crippen molar-refractivity contribution in [1.29, 1.82) is 5.26 Å². The zero-order chi connectivity index (χ0) is 21.0. The number of nitriles is 1. The van der Waals surface area contributed by atoms with Crippen LogP contribution in [-0.2, 0) is 4.79 Å². The molecule has 29 heavy (non-hydrogen) atoms. The van der Waals surface area contributed by atoms with Crippen molar-refractivity contribution in [1.82, 2.24) is 9.97 Å². The molecule has 3 rings (SSSR count). The van der Waals surface area contributed by atoms with Gasteiger partial charge in [-0.3, -0.25) is 9.59 Å². The van der Waals surface area contributed by atoms with E-state index in [0.717, 1.165) is 17.3 Å². The highest BCUT2D eigenvalue weighted by Gasteiger charge is 2.19. The van der Waals surface area contributed by atoms with Crippen molar-refractivity contribution in [3.05, 3.63) is 75.8 Å². The van der Waals surface area contributed by atoms with Gasteiger partial charge in [0, 0.05) is 11.3 Å². The number of hydrogen-bond acceptors (Lipinski definition) is 5. The summed E-state index contributed by atoms with van der Waals surface area (Å²) in [6.45, 7) is 3.59. The third kappa shape index (κ3) is 4.89. The predicted octanol–water partition coefficient (Wildman–Crippen LogP) is 3.88. The standard InChI is InChI=1S/C21H17FN4O2S/c1-12-3-5-14(6-4-12)18-17(11-23)20(28)26-21(25-18)29-13(2)19(27)24-16-9-7-15(22)8-10-16/h3-10,13H,1-2H3,(H,24,27)(H,25,26,28)/t13-/m0/s1. The topological polar surface area (TPSA) is 98.6 Å². The fourth-order valence-electron chi connectivity index (χ4n) is 2.53. The Morgan fingerprint density at radius 3 is 2.48 bits per heavy atom. The zero-order valence-corrected chi connectivity index (χ0v) is 16.5. The molecule has 1 aromatic heterocycles. The van der Waals surface area contributed by atoms with Crippen LogP contribution in [0.1, 0.15) is 18.1 Å². The molecule has 0 aliphatic carbocycles. The van der Waals surface area contributed by atoms with E-state index in [1.165, 1.54) is 24.3 Å². The summed E-state index contributed by atoms with van der Waals surface area (Å²) in [5.74, 6) is -0.723. The Balaban J connectivity index is 1.84. The maximum absolute atomic E-state index is 13.0. The third-order valence-electron chi connectivity index (χ3n) is 4.10. The van der Waals surface area contributed by atoms with Crippen molar-refractivity contribution < 1.29 is 9.18 Å². The van der Waals surface area contributed by atoms with Gasteiger partial charge in [-0.15, -0.1) is 0 Å². The van der Waals surface area contributed by atoms with Gasteiger partial charge in [0.2, 0.25) is 5.91 Å². The number of carbonyl (C=O) groups is 1. The number of aromatic nitrogens is 2. The molecule has 0 radical (unpaired) electrons. The van der Waals surface area contributed by atoms with Crippen LogP contribution in [0.15, 0.2) is 58.5 Å². The maximum Gasteiger partial charge on any atom is 0.270 e. The molecule has 0 bridgehead atoms. The van der Waals surface area contributed by atoms with Crippen LogP contribution in [0.2, 0.25) is 0 Å². The van der Waals surface area contributed by atoms with Crippen molar-refractivity contribution >= 4 is 23.4 Å². The minimum atomic E-state index is -0.595. The number of aromatic amines is 1. The van der Waals surface area contributed by atoms with Gasteiger partial charge in [-0.25, -0.2) is 9.37 Å². The number of carbonyl (C=O) groups excluding carboxylic acids is 1. The summed E-state index contributed by atoms with van der Waals surface area (Å²) in [6.07, 6.45) is 0. The molecule has 2 aromatic carbocycles. The average Bonchev–Trinajstić information content (AvgIpc) is 2.70. The smallest absolute Gasteiger partial charge is 0.270 e. The second-order valence-corrected chi connectivity index (χ2v) is 7.66. The van der Waals surface area contributed by atoms with E-state index >= 15 is 0 Å². The monoisotopic (exact) mass is 408 g/mol. The van der Waals surface area contributed by atoms with Gasteiger partial charge in [0.05, 0.1) is 10.9 Å². The molecule has 3 aromatic rings. The lowest BCUT2D eigenvalue weighted by Crippen LogP contribution is -2.23. The third-order valence-corrected chi connectivity index (χ3v) is 5.09. The molecule has 0 spiro atoms. The number of anilines is 1. The summed E-state index contributed by atoms with van der Waals surface area (Å²) in [4.78, 5) is 31.7. The fraction of sp³-hybridized carbons (Fsp3) is 0.143. The number of H-pyrrole nitrogens is 1. The number of halogens is 1. The summed E-state index contributed by atoms with van der Waals surface area (Å²) in [5.41, 5.74) is 1.77. The normalized spacial score (nSPS) is 11.5. The summed E-state index contributed by atoms with van der Waals surface area (Å²) in [5, 5.41) is 11.7. The number of hydrogen-bond donors (Lipinski definition) is 2. The van der Waals surface area contributed by atoms with Crippen molar-refractivity contribution in [2.75, 3.05) is 5.32 Å². The lowest BCUT2D eigenvalue weighted by molar-refractivity contribution is -0.115. The minimum Gasteiger partial charge on any atom is -0.325 e. The molecule has 0 saturated heterocycles. The van der Waals surface area contributed by atoms with Crippen molar-refractivity contribution in [3.63, 3.8) is 0 Å². The quantitative estimate of drug-likeness (QED) is 0.493. The van der Waals surface area contributed by atoms with Crippen molar-refractivity contribution in [2.24, 2.45) is 0 Å². The fourth-order valence-corrected chi connectivity index (χ4v) is 3.33. The van der Waals surface area contributed by atoms with E-state index < -0.39 is 16.6 Å². The number of thioether (sulfide) groups is 1. The lowest BCUT2D eigenvalue weighted by Gasteiger charge is -2.12. The van der Waals surface area contributed by atoms with Gasteiger partial charge < -0.3 is 10.3 Å². The molecule has 1 atom stereocenters. The number of amides is 1. The Hall–Kier alpha value is -3.44. The van der Waals surface area contributed by atoms with Crippen LogP contribution in [0.5, 0.6) is 0 Å². The molecule has 146 valence electrons. The molecule has 1 heterocycles. The van der Waals surface area contributed by atoms with Gasteiger partial charge in [-0.2, -0.15) is 5.26 Å². The van der Waals surface area contributed by atoms with E-state index in [-0.39, 0.29) is 22.3 Å². The van der Waals surface area contributed by atoms with E-state index in [4.69, 9.17) is 0 Å². The van der Waals surface area contributed by atoms with Crippen LogP contribution in [0, 0.1) is 24.1 Å². The van der Waals surface area contributed by atoms with E-state index in [2.05, 4.69) is 15.3 Å². The van der Waals surface area contributed by atoms with Gasteiger partial charge in [-0.1, -0.05) is 41.6 Å². The van der Waals surface area contributed by atoms with E-state index in [1.807, 2.05) is 25.1 Å². The molecule has 8 heteroatoms. The van der Waals surface area contributed by atoms with E-state index in [1.54, 1.807) is 19.1 Å². The number of benzene rings is 2. The van der Waals surface area contributed by atoms with Crippen molar-refractivity contribution in [3.8, 4) is 17.3 Å². The van der Waals surface area contributed by atoms with Crippen LogP contribution in [0.3, 0.4) is 0 Å². The largest absolute Gasteiger partial charge is 0.325 e. The molecule has 0 aliphatic heterocycles. The first-order chi connectivity index (χ1) is 13.9. The Morgan fingerprint density at radius 1 is 1.21 bits per heavy atom. The predicted molar refractivity (Wildman–Crippen MR) is 110 cm³/mol. The number of nitrogens with zero attached hydrogens (tertiary/aromatic N) is 2. The van der Waals surface area contributed by atoms with E-state index in [9.17, 15) is 19.2 Å². The van der Waals surface area contributed by atoms with E-state index in [0.29, 0.717) is 11.3 Å². The summed E-state index contributed by atoms with van der Waals surface area (Å²) in [7, 11) is 0. The first kappa shape index (κ1) is 20.3. The number of aryl methyl sites for hydroxylation is 1. The van der Waals surface area contributed by atoms with Gasteiger partial charge in [-0.05, 0) is 38.1 Å². The molecule has 0 fully saturated rings. The average molecular weight is 408 g/mol. The summed E-state index contributed by atoms with van der Waals surface area (Å²) >= 11 is 1.06. The second-order valence-electron chi connectivity index (χ2n) is 6.33. The SMILES string of the molecule is Cc1ccc(-c2nc(S[C@@H](C)C(=O)Nc3ccc(F)cc3)[nH]c(=O)c2C#N)cc1. The molecule has 1 amide bonds. The van der Waals surface area contributed by atoms with Crippen LogP contribution in [-0.4, -0.2) is 21.1 Å². The van der Waals surface area contributed by atoms with Gasteiger partial charge in [0.15, 0.2) is 5.16 Å². The molecule has 0 unspecified atom stereocenters. The highest BCUT2D eigenvalue weighted by Crippen LogP contribution is 2.25. The van der Waals surface area contributed by atoms with Gasteiger partial charge in [0.1, 0.15) is 17.4 Å². The Morgan fingerprint density at radius 2 is 1.86 bits per heavy atom. The van der Waals surface area contributed by atoms with Gasteiger partial charge in [0.25, 0.3) is 5.56 Å². The molecule has 6 nitrogen and oxygen atoms in total. The number of nitrogens with one attached hydrogen (secondary N) is 2. The molecule has 2 N–H and O–H groups in total. The Labute approximate surface area is 170 Å². The molecular weight excluding hydrogens is 391 g/mol. The second kappa shape index (κ2) is 8.71.